The number of amides is 1. The van der Waals surface area contributed by atoms with E-state index in [1.807, 2.05) is 0 Å². The van der Waals surface area contributed by atoms with Crippen molar-refractivity contribution in [3.05, 3.63) is 56.4 Å². The fourth-order valence-electron chi connectivity index (χ4n) is 2.00. The van der Waals surface area contributed by atoms with Crippen molar-refractivity contribution in [2.75, 3.05) is 26.9 Å². The molecule has 146 valence electrons. The monoisotopic (exact) mass is 514 g/mol. The van der Waals surface area contributed by atoms with Crippen LogP contribution < -0.4 is 14.8 Å². The molecule has 1 amide bonds. The van der Waals surface area contributed by atoms with Gasteiger partial charge in [0.05, 0.1) is 24.7 Å². The Hall–Kier alpha value is -2.57. The lowest BCUT2D eigenvalue weighted by Gasteiger charge is -2.07. The Balaban J connectivity index is 0.000000228. The van der Waals surface area contributed by atoms with E-state index >= 15 is 0 Å². The van der Waals surface area contributed by atoms with Gasteiger partial charge >= 0.3 is 5.97 Å². The first-order valence-corrected chi connectivity index (χ1v) is 9.31. The third-order valence-electron chi connectivity index (χ3n) is 3.19. The van der Waals surface area contributed by atoms with Crippen molar-refractivity contribution >= 4 is 43.7 Å². The van der Waals surface area contributed by atoms with Crippen LogP contribution in [0.25, 0.3) is 0 Å². The van der Waals surface area contributed by atoms with Crippen molar-refractivity contribution in [2.24, 2.45) is 0 Å². The molecule has 0 bridgehead atoms. The van der Waals surface area contributed by atoms with E-state index in [0.29, 0.717) is 23.2 Å². The van der Waals surface area contributed by atoms with Gasteiger partial charge in [-0.1, -0.05) is 31.9 Å². The number of rotatable bonds is 3. The van der Waals surface area contributed by atoms with Gasteiger partial charge in [-0.3, -0.25) is 4.79 Å². The molecule has 2 aromatic rings. The van der Waals surface area contributed by atoms with Crippen LogP contribution in [0.1, 0.15) is 26.2 Å². The fourth-order valence-corrected chi connectivity index (χ4v) is 2.66. The van der Waals surface area contributed by atoms with Crippen LogP contribution in [0, 0.1) is 11.3 Å². The summed E-state index contributed by atoms with van der Waals surface area (Å²) < 4.78 is 46.0. The number of esters is 1. The van der Waals surface area contributed by atoms with Gasteiger partial charge < -0.3 is 19.5 Å². The quantitative estimate of drug-likeness (QED) is 0.626. The Kier molecular flexibility index (Phi) is 6.25. The minimum absolute atomic E-state index is 0.00984. The lowest BCUT2D eigenvalue weighted by Crippen LogP contribution is -2.24. The zero-order valence-corrected chi connectivity index (χ0v) is 17.7. The second-order valence-electron chi connectivity index (χ2n) is 5.01. The maximum atomic E-state index is 11.6. The van der Waals surface area contributed by atoms with Gasteiger partial charge in [-0.25, -0.2) is 4.79 Å². The average Bonchev–Trinajstić information content (AvgIpc) is 2.96. The van der Waals surface area contributed by atoms with E-state index in [-0.39, 0.29) is 58.2 Å². The number of carbonyl (C=O) groups is 2. The van der Waals surface area contributed by atoms with Crippen LogP contribution in [-0.4, -0.2) is 38.7 Å². The molecule has 1 N–H and O–H groups in total. The molecule has 0 saturated heterocycles. The highest BCUT2D eigenvalue weighted by molar-refractivity contribution is 9.10. The summed E-state index contributed by atoms with van der Waals surface area (Å²) in [7, 11) is 1.20. The predicted molar refractivity (Wildman–Crippen MR) is 109 cm³/mol. The molecule has 0 aromatic heterocycles. The highest BCUT2D eigenvalue weighted by atomic mass is 79.9. The Bertz CT molecular complexity index is 1110. The Morgan fingerprint density at radius 3 is 2.75 bits per heavy atom. The number of nitrogens with zero attached hydrogens (tertiary/aromatic N) is 1. The van der Waals surface area contributed by atoms with Gasteiger partial charge in [0.1, 0.15) is 29.7 Å². The van der Waals surface area contributed by atoms with Crippen molar-refractivity contribution in [3.63, 3.8) is 0 Å². The molecule has 0 saturated carbocycles. The maximum Gasteiger partial charge on any atom is 0.341 e. The Morgan fingerprint density at radius 1 is 1.32 bits per heavy atom. The zero-order valence-electron chi connectivity index (χ0n) is 18.5. The fraction of sp³-hybridized carbons (Fsp3) is 0.211. The molecule has 1 aliphatic rings. The summed E-state index contributed by atoms with van der Waals surface area (Å²) in [6, 6.07) is 4.16. The molecule has 2 aromatic carbocycles. The van der Waals surface area contributed by atoms with E-state index < -0.39 is 5.97 Å². The maximum absolute atomic E-state index is 11.6. The minimum atomic E-state index is -0.688. The van der Waals surface area contributed by atoms with E-state index in [9.17, 15) is 9.59 Å². The van der Waals surface area contributed by atoms with Crippen LogP contribution in [0.15, 0.2) is 45.2 Å². The van der Waals surface area contributed by atoms with Crippen LogP contribution in [0.4, 0.5) is 0 Å². The number of methoxy groups -OCH3 is 1. The number of nitrogens with one attached hydrogen (secondary N) is 1. The molecule has 1 aliphatic heterocycles. The van der Waals surface area contributed by atoms with Crippen LogP contribution in [-0.2, 0) is 4.74 Å². The molecular weight excluding hydrogens is 496 g/mol. The normalized spacial score (nSPS) is 14.0. The zero-order chi connectivity index (χ0) is 24.0. The summed E-state index contributed by atoms with van der Waals surface area (Å²) in [4.78, 5) is 23.0. The van der Waals surface area contributed by atoms with Gasteiger partial charge in [-0.2, -0.15) is 5.26 Å². The van der Waals surface area contributed by atoms with Gasteiger partial charge in [0.25, 0.3) is 5.91 Å². The number of hydrogen-bond acceptors (Lipinski definition) is 6. The summed E-state index contributed by atoms with van der Waals surface area (Å²) in [6.45, 7) is 0.431. The van der Waals surface area contributed by atoms with E-state index in [1.54, 1.807) is 6.07 Å². The molecule has 28 heavy (non-hydrogen) atoms. The molecule has 0 fully saturated rings. The molecule has 0 spiro atoms. The second kappa shape index (κ2) is 10.7. The summed E-state index contributed by atoms with van der Waals surface area (Å²) in [6.07, 6.45) is 0. The summed E-state index contributed by atoms with van der Waals surface area (Å²) in [5.41, 5.74) is 0.316. The summed E-state index contributed by atoms with van der Waals surface area (Å²) in [5.74, 6) is -0.881. The number of benzene rings is 2. The Morgan fingerprint density at radius 2 is 2.04 bits per heavy atom. The third-order valence-corrected chi connectivity index (χ3v) is 4.04. The smallest absolute Gasteiger partial charge is 0.341 e. The van der Waals surface area contributed by atoms with Crippen LogP contribution >= 0.6 is 31.9 Å². The Labute approximate surface area is 184 Å². The molecule has 0 unspecified atom stereocenters. The molecule has 0 aliphatic carbocycles. The summed E-state index contributed by atoms with van der Waals surface area (Å²) >= 11 is 6.20. The molecule has 1 heterocycles. The minimum Gasteiger partial charge on any atom is -0.491 e. The van der Waals surface area contributed by atoms with Gasteiger partial charge in [0.15, 0.2) is 6.61 Å². The number of nitriles is 1. The van der Waals surface area contributed by atoms with Gasteiger partial charge in [0.2, 0.25) is 0 Å². The van der Waals surface area contributed by atoms with Crippen LogP contribution in [0.5, 0.6) is 11.5 Å². The molecule has 3 rings (SSSR count). The standard InChI is InChI=1S/C10H8BrNO3.C9H8BrNO2/c1-14-10(13)8-6-7(11)2-3-9(8)15-5-4-12;10-6-1-2-8-7(5-6)9(12)11-3-4-13-8/h2-3,6H,5H2,1H3;1-2,5H,3-4H2,(H,11,12)/i2D,3D;1D,2D. The second-order valence-corrected chi connectivity index (χ2v) is 6.72. The molecule has 0 atom stereocenters. The van der Waals surface area contributed by atoms with Crippen molar-refractivity contribution in [1.82, 2.24) is 5.32 Å². The van der Waals surface area contributed by atoms with Crippen molar-refractivity contribution in [3.8, 4) is 17.6 Å². The largest absolute Gasteiger partial charge is 0.491 e. The topological polar surface area (TPSA) is 97.7 Å². The highest BCUT2D eigenvalue weighted by Gasteiger charge is 2.16. The number of hydrogen-bond donors (Lipinski definition) is 1. The number of carbonyl (C=O) groups excluding carboxylic acids is 2. The van der Waals surface area contributed by atoms with Gasteiger partial charge in [0, 0.05) is 8.95 Å². The first-order valence-electron chi connectivity index (χ1n) is 9.72. The SMILES string of the molecule is [2H]c1c(Br)cc(C(=O)OC)c(OCC#N)c1[2H].[2H]c1c(Br)cc2c(c1[2H])OCCNC2=O. The predicted octanol–water partition coefficient (Wildman–Crippen LogP) is 3.71. The molecule has 7 nitrogen and oxygen atoms in total. The molecule has 0 radical (unpaired) electrons. The highest BCUT2D eigenvalue weighted by Crippen LogP contribution is 2.24. The van der Waals surface area contributed by atoms with Crippen molar-refractivity contribution < 1.29 is 29.3 Å². The van der Waals surface area contributed by atoms with Crippen LogP contribution in [0.2, 0.25) is 0 Å². The lowest BCUT2D eigenvalue weighted by atomic mass is 10.2. The van der Waals surface area contributed by atoms with E-state index in [0.717, 1.165) is 0 Å². The first-order chi connectivity index (χ1) is 15.1. The number of ether oxygens (including phenoxy) is 3. The van der Waals surface area contributed by atoms with E-state index in [4.69, 9.17) is 20.2 Å². The van der Waals surface area contributed by atoms with Crippen LogP contribution in [0.3, 0.4) is 0 Å². The molecular formula is C19H16Br2N2O5. The van der Waals surface area contributed by atoms with Crippen molar-refractivity contribution in [2.45, 2.75) is 0 Å². The number of fused-ring (bicyclic) bond motifs is 1. The lowest BCUT2D eigenvalue weighted by molar-refractivity contribution is 0.0596. The third kappa shape index (κ3) is 5.97. The van der Waals surface area contributed by atoms with Crippen molar-refractivity contribution in [1.29, 1.82) is 5.26 Å². The first kappa shape index (κ1) is 16.4. The number of halogens is 2. The average molecular weight is 516 g/mol. The summed E-state index contributed by atoms with van der Waals surface area (Å²) in [5, 5.41) is 11.1. The van der Waals surface area contributed by atoms with Gasteiger partial charge in [-0.15, -0.1) is 0 Å². The van der Waals surface area contributed by atoms with Gasteiger partial charge in [-0.05, 0) is 36.3 Å². The van der Waals surface area contributed by atoms with E-state index in [1.165, 1.54) is 19.2 Å². The molecule has 9 heteroatoms. The van der Waals surface area contributed by atoms with E-state index in [2.05, 4.69) is 41.9 Å².